The summed E-state index contributed by atoms with van der Waals surface area (Å²) < 4.78 is 5.62. The summed E-state index contributed by atoms with van der Waals surface area (Å²) in [5.41, 5.74) is 5.71. The Morgan fingerprint density at radius 3 is 2.88 bits per heavy atom. The minimum absolute atomic E-state index is 0.0387. The zero-order valence-corrected chi connectivity index (χ0v) is 10.7. The number of amides is 1. The lowest BCUT2D eigenvalue weighted by atomic mass is 10.2. The van der Waals surface area contributed by atoms with Crippen molar-refractivity contribution in [3.8, 4) is 5.75 Å². The van der Waals surface area contributed by atoms with Crippen LogP contribution in [0.2, 0.25) is 0 Å². The molecule has 92 valence electrons. The monoisotopic (exact) mass is 252 g/mol. The van der Waals surface area contributed by atoms with E-state index in [4.69, 9.17) is 10.5 Å². The number of nitrogens with one attached hydrogen (secondary N) is 1. The molecule has 0 spiro atoms. The van der Waals surface area contributed by atoms with Gasteiger partial charge in [-0.1, -0.05) is 13.0 Å². The van der Waals surface area contributed by atoms with Crippen molar-refractivity contribution in [1.29, 1.82) is 0 Å². The number of benzene rings is 1. The highest BCUT2D eigenvalue weighted by Crippen LogP contribution is 2.15. The summed E-state index contributed by atoms with van der Waals surface area (Å²) >= 11 is 4.61. The number of rotatable bonds is 4. The van der Waals surface area contributed by atoms with Gasteiger partial charge in [0.15, 0.2) is 5.11 Å². The van der Waals surface area contributed by atoms with Gasteiger partial charge in [-0.25, -0.2) is 0 Å². The second kappa shape index (κ2) is 6.20. The fourth-order valence-electron chi connectivity index (χ4n) is 1.21. The molecule has 0 saturated heterocycles. The maximum atomic E-state index is 11.6. The summed E-state index contributed by atoms with van der Waals surface area (Å²) in [4.78, 5) is 11.6. The second-order valence-electron chi connectivity index (χ2n) is 3.68. The lowest BCUT2D eigenvalue weighted by Crippen LogP contribution is -2.34. The van der Waals surface area contributed by atoms with Crippen LogP contribution in [0.5, 0.6) is 5.75 Å². The molecule has 1 aromatic rings. The fourth-order valence-corrected chi connectivity index (χ4v) is 1.30. The zero-order chi connectivity index (χ0) is 12.8. The van der Waals surface area contributed by atoms with Gasteiger partial charge < -0.3 is 10.5 Å². The third-order valence-electron chi connectivity index (χ3n) is 2.25. The molecule has 0 aliphatic rings. The largest absolute Gasteiger partial charge is 0.491 e. The van der Waals surface area contributed by atoms with Crippen molar-refractivity contribution in [2.75, 3.05) is 0 Å². The van der Waals surface area contributed by atoms with E-state index >= 15 is 0 Å². The van der Waals surface area contributed by atoms with Gasteiger partial charge in [-0.2, -0.15) is 0 Å². The molecule has 4 nitrogen and oxygen atoms in total. The minimum atomic E-state index is -0.327. The Balaban J connectivity index is 2.78. The topological polar surface area (TPSA) is 64.3 Å². The third kappa shape index (κ3) is 4.40. The molecule has 0 heterocycles. The van der Waals surface area contributed by atoms with Crippen molar-refractivity contribution in [3.63, 3.8) is 0 Å². The van der Waals surface area contributed by atoms with Crippen LogP contribution in [-0.2, 0) is 0 Å². The minimum Gasteiger partial charge on any atom is -0.491 e. The molecule has 0 aromatic heterocycles. The van der Waals surface area contributed by atoms with Crippen LogP contribution in [0.4, 0.5) is 0 Å². The van der Waals surface area contributed by atoms with E-state index in [1.54, 1.807) is 18.2 Å². The van der Waals surface area contributed by atoms with Crippen LogP contribution in [0.3, 0.4) is 0 Å². The highest BCUT2D eigenvalue weighted by atomic mass is 32.1. The van der Waals surface area contributed by atoms with Gasteiger partial charge in [-0.3, -0.25) is 10.1 Å². The van der Waals surface area contributed by atoms with E-state index in [-0.39, 0.29) is 17.1 Å². The molecule has 5 heteroatoms. The fraction of sp³-hybridized carbons (Fsp3) is 0.333. The second-order valence-corrected chi connectivity index (χ2v) is 4.12. The van der Waals surface area contributed by atoms with Crippen molar-refractivity contribution in [2.45, 2.75) is 26.4 Å². The summed E-state index contributed by atoms with van der Waals surface area (Å²) in [5, 5.41) is 2.33. The molecule has 1 atom stereocenters. The zero-order valence-electron chi connectivity index (χ0n) is 9.90. The molecule has 0 aliphatic heterocycles. The van der Waals surface area contributed by atoms with E-state index in [2.05, 4.69) is 17.5 Å². The first-order chi connectivity index (χ1) is 8.02. The summed E-state index contributed by atoms with van der Waals surface area (Å²) in [6, 6.07) is 6.91. The maximum Gasteiger partial charge on any atom is 0.257 e. The van der Waals surface area contributed by atoms with Gasteiger partial charge in [0.2, 0.25) is 0 Å². The molecular formula is C12H16N2O2S. The Labute approximate surface area is 106 Å². The SMILES string of the molecule is CCC(C)Oc1cccc(C(=O)NC(N)=S)c1. The van der Waals surface area contributed by atoms with Crippen molar-refractivity contribution in [1.82, 2.24) is 5.32 Å². The number of hydrogen-bond donors (Lipinski definition) is 2. The smallest absolute Gasteiger partial charge is 0.257 e. The number of carbonyl (C=O) groups is 1. The summed E-state index contributed by atoms with van der Waals surface area (Å²) in [7, 11) is 0. The average molecular weight is 252 g/mol. The Kier molecular flexibility index (Phi) is 4.90. The van der Waals surface area contributed by atoms with E-state index in [9.17, 15) is 4.79 Å². The molecule has 0 saturated carbocycles. The number of carbonyl (C=O) groups excluding carboxylic acids is 1. The maximum absolute atomic E-state index is 11.6. The Bertz CT molecular complexity index is 421. The van der Waals surface area contributed by atoms with Crippen LogP contribution in [0.25, 0.3) is 0 Å². The number of nitrogens with two attached hydrogens (primary N) is 1. The molecule has 0 bridgehead atoms. The highest BCUT2D eigenvalue weighted by molar-refractivity contribution is 7.80. The molecule has 17 heavy (non-hydrogen) atoms. The standard InChI is InChI=1S/C12H16N2O2S/c1-3-8(2)16-10-6-4-5-9(7-10)11(15)14-12(13)17/h4-8H,3H2,1-2H3,(H3,13,14,15,17). The Morgan fingerprint density at radius 2 is 2.29 bits per heavy atom. The van der Waals surface area contributed by atoms with Gasteiger partial charge in [0.05, 0.1) is 6.10 Å². The van der Waals surface area contributed by atoms with Gasteiger partial charge >= 0.3 is 0 Å². The summed E-state index contributed by atoms with van der Waals surface area (Å²) in [6.07, 6.45) is 1.02. The summed E-state index contributed by atoms with van der Waals surface area (Å²) in [5.74, 6) is 0.335. The van der Waals surface area contributed by atoms with Crippen molar-refractivity contribution >= 4 is 23.2 Å². The van der Waals surface area contributed by atoms with Crippen LogP contribution in [0, 0.1) is 0 Å². The molecule has 0 fully saturated rings. The quantitative estimate of drug-likeness (QED) is 0.803. The lowest BCUT2D eigenvalue weighted by Gasteiger charge is -2.13. The molecule has 0 radical (unpaired) electrons. The van der Waals surface area contributed by atoms with E-state index in [1.807, 2.05) is 19.9 Å². The molecule has 1 aromatic carbocycles. The molecule has 3 N–H and O–H groups in total. The predicted molar refractivity (Wildman–Crippen MR) is 71.1 cm³/mol. The molecular weight excluding hydrogens is 236 g/mol. The van der Waals surface area contributed by atoms with Crippen molar-refractivity contribution in [2.24, 2.45) is 5.73 Å². The van der Waals surface area contributed by atoms with Gasteiger partial charge in [0.1, 0.15) is 5.75 Å². The summed E-state index contributed by atoms with van der Waals surface area (Å²) in [6.45, 7) is 4.01. The van der Waals surface area contributed by atoms with Crippen LogP contribution in [-0.4, -0.2) is 17.1 Å². The number of hydrogen-bond acceptors (Lipinski definition) is 3. The molecule has 1 unspecified atom stereocenters. The Hall–Kier alpha value is -1.62. The predicted octanol–water partition coefficient (Wildman–Crippen LogP) is 1.84. The van der Waals surface area contributed by atoms with Crippen LogP contribution in [0.1, 0.15) is 30.6 Å². The first kappa shape index (κ1) is 13.4. The van der Waals surface area contributed by atoms with Crippen LogP contribution < -0.4 is 15.8 Å². The van der Waals surface area contributed by atoms with Gasteiger partial charge in [0, 0.05) is 5.56 Å². The van der Waals surface area contributed by atoms with E-state index in [0.29, 0.717) is 11.3 Å². The Morgan fingerprint density at radius 1 is 1.59 bits per heavy atom. The molecule has 1 rings (SSSR count). The van der Waals surface area contributed by atoms with Crippen molar-refractivity contribution in [3.05, 3.63) is 29.8 Å². The number of ether oxygens (including phenoxy) is 1. The van der Waals surface area contributed by atoms with Crippen LogP contribution in [0.15, 0.2) is 24.3 Å². The normalized spacial score (nSPS) is 11.6. The van der Waals surface area contributed by atoms with E-state index < -0.39 is 0 Å². The first-order valence-corrected chi connectivity index (χ1v) is 5.81. The van der Waals surface area contributed by atoms with Gasteiger partial charge in [-0.15, -0.1) is 0 Å². The molecule has 1 amide bonds. The van der Waals surface area contributed by atoms with Crippen LogP contribution >= 0.6 is 12.2 Å². The van der Waals surface area contributed by atoms with E-state index in [1.165, 1.54) is 0 Å². The average Bonchev–Trinajstić information content (AvgIpc) is 2.28. The lowest BCUT2D eigenvalue weighted by molar-refractivity contribution is 0.0976. The van der Waals surface area contributed by atoms with E-state index in [0.717, 1.165) is 6.42 Å². The van der Waals surface area contributed by atoms with Gasteiger partial charge in [0.25, 0.3) is 5.91 Å². The van der Waals surface area contributed by atoms with Crippen molar-refractivity contribution < 1.29 is 9.53 Å². The van der Waals surface area contributed by atoms with Gasteiger partial charge in [-0.05, 0) is 43.8 Å². The first-order valence-electron chi connectivity index (χ1n) is 5.40. The number of thiocarbonyl (C=S) groups is 1. The third-order valence-corrected chi connectivity index (χ3v) is 2.35. The molecule has 0 aliphatic carbocycles. The highest BCUT2D eigenvalue weighted by Gasteiger charge is 2.08.